The van der Waals surface area contributed by atoms with Crippen molar-refractivity contribution in [2.45, 2.75) is 33.2 Å². The van der Waals surface area contributed by atoms with Crippen LogP contribution in [0, 0.1) is 6.92 Å². The van der Waals surface area contributed by atoms with E-state index < -0.39 is 0 Å². The fourth-order valence-corrected chi connectivity index (χ4v) is 1.99. The highest BCUT2D eigenvalue weighted by Crippen LogP contribution is 2.36. The van der Waals surface area contributed by atoms with Crippen LogP contribution in [0.5, 0.6) is 5.75 Å². The van der Waals surface area contributed by atoms with Crippen molar-refractivity contribution in [1.29, 1.82) is 0 Å². The lowest BCUT2D eigenvalue weighted by atomic mass is 9.96. The molecule has 0 fully saturated rings. The van der Waals surface area contributed by atoms with E-state index >= 15 is 0 Å². The van der Waals surface area contributed by atoms with E-state index in [2.05, 4.69) is 19.3 Å². The van der Waals surface area contributed by atoms with Crippen LogP contribution in [0.25, 0.3) is 0 Å². The van der Waals surface area contributed by atoms with Gasteiger partial charge in [-0.3, -0.25) is 0 Å². The van der Waals surface area contributed by atoms with Crippen LogP contribution in [0.1, 0.15) is 36.5 Å². The maximum Gasteiger partial charge on any atom is 0.127 e. The van der Waals surface area contributed by atoms with E-state index in [-0.39, 0.29) is 0 Å². The third-order valence-corrected chi connectivity index (χ3v) is 3.10. The van der Waals surface area contributed by atoms with E-state index in [1.165, 1.54) is 0 Å². The summed E-state index contributed by atoms with van der Waals surface area (Å²) in [6, 6.07) is 1.93. The Bertz CT molecular complexity index is 378. The van der Waals surface area contributed by atoms with Gasteiger partial charge >= 0.3 is 0 Å². The second-order valence-corrected chi connectivity index (χ2v) is 4.48. The molecule has 2 N–H and O–H groups in total. The van der Waals surface area contributed by atoms with Crippen molar-refractivity contribution in [2.24, 2.45) is 0 Å². The normalized spacial score (nSPS) is 10.9. The van der Waals surface area contributed by atoms with Gasteiger partial charge < -0.3 is 9.94 Å². The summed E-state index contributed by atoms with van der Waals surface area (Å²) >= 11 is 6.16. The first-order valence-electron chi connectivity index (χ1n) is 5.25. The highest BCUT2D eigenvalue weighted by atomic mass is 35.5. The lowest BCUT2D eigenvalue weighted by Crippen LogP contribution is -2.11. The van der Waals surface area contributed by atoms with Gasteiger partial charge in [0.05, 0.1) is 7.11 Å². The molecule has 4 heteroatoms. The Balaban J connectivity index is 3.42. The number of ether oxygens (including phenoxy) is 1. The number of rotatable bonds is 4. The number of hydroxylamine groups is 1. The van der Waals surface area contributed by atoms with Crippen LogP contribution < -0.4 is 10.2 Å². The van der Waals surface area contributed by atoms with E-state index in [1.54, 1.807) is 7.11 Å². The minimum atomic E-state index is 0.325. The second-order valence-electron chi connectivity index (χ2n) is 4.07. The zero-order valence-electron chi connectivity index (χ0n) is 10.1. The lowest BCUT2D eigenvalue weighted by Gasteiger charge is -2.19. The Morgan fingerprint density at radius 3 is 2.56 bits per heavy atom. The van der Waals surface area contributed by atoms with Crippen LogP contribution in [-0.2, 0) is 6.54 Å². The summed E-state index contributed by atoms with van der Waals surface area (Å²) < 4.78 is 5.42. The summed E-state index contributed by atoms with van der Waals surface area (Å²) in [4.78, 5) is 0. The van der Waals surface area contributed by atoms with Crippen molar-refractivity contribution in [3.63, 3.8) is 0 Å². The maximum absolute atomic E-state index is 8.84. The van der Waals surface area contributed by atoms with Crippen molar-refractivity contribution in [3.8, 4) is 5.75 Å². The molecule has 90 valence electrons. The zero-order chi connectivity index (χ0) is 12.3. The molecule has 0 saturated carbocycles. The van der Waals surface area contributed by atoms with Crippen LogP contribution in [0.4, 0.5) is 0 Å². The summed E-state index contributed by atoms with van der Waals surface area (Å²) in [6.45, 7) is 6.41. The largest absolute Gasteiger partial charge is 0.496 e. The third-order valence-electron chi connectivity index (χ3n) is 2.71. The third kappa shape index (κ3) is 2.48. The zero-order valence-corrected chi connectivity index (χ0v) is 10.9. The van der Waals surface area contributed by atoms with Gasteiger partial charge in [-0.1, -0.05) is 25.4 Å². The number of hydrogen-bond acceptors (Lipinski definition) is 3. The lowest BCUT2D eigenvalue weighted by molar-refractivity contribution is 0.160. The van der Waals surface area contributed by atoms with Crippen molar-refractivity contribution in [2.75, 3.05) is 7.11 Å². The van der Waals surface area contributed by atoms with Gasteiger partial charge in [0.2, 0.25) is 0 Å². The minimum absolute atomic E-state index is 0.325. The van der Waals surface area contributed by atoms with Crippen LogP contribution in [0.3, 0.4) is 0 Å². The molecule has 0 atom stereocenters. The van der Waals surface area contributed by atoms with Crippen molar-refractivity contribution >= 4 is 11.6 Å². The van der Waals surface area contributed by atoms with E-state index in [9.17, 15) is 0 Å². The SMILES string of the molecule is COc1c(C(C)C)cc(Cl)c(C)c1CNO. The molecule has 0 saturated heterocycles. The predicted octanol–water partition coefficient (Wildman–Crippen LogP) is 3.26. The van der Waals surface area contributed by atoms with Gasteiger partial charge in [0.25, 0.3) is 0 Å². The molecule has 3 nitrogen and oxygen atoms in total. The van der Waals surface area contributed by atoms with Gasteiger partial charge in [0.1, 0.15) is 5.75 Å². The molecule has 0 heterocycles. The molecule has 0 radical (unpaired) electrons. The molecule has 0 aliphatic heterocycles. The Morgan fingerprint density at radius 2 is 2.12 bits per heavy atom. The Morgan fingerprint density at radius 1 is 1.50 bits per heavy atom. The molecule has 0 unspecified atom stereocenters. The highest BCUT2D eigenvalue weighted by Gasteiger charge is 2.16. The number of nitrogens with one attached hydrogen (secondary N) is 1. The molecule has 0 aliphatic rings. The first-order chi connectivity index (χ1) is 7.52. The van der Waals surface area contributed by atoms with Gasteiger partial charge in [-0.25, -0.2) is 5.48 Å². The van der Waals surface area contributed by atoms with Gasteiger partial charge in [0, 0.05) is 17.1 Å². The molecule has 0 spiro atoms. The van der Waals surface area contributed by atoms with E-state index in [1.807, 2.05) is 13.0 Å². The molecular weight excluding hydrogens is 226 g/mol. The van der Waals surface area contributed by atoms with Crippen molar-refractivity contribution in [3.05, 3.63) is 27.8 Å². The molecule has 0 aromatic heterocycles. The van der Waals surface area contributed by atoms with E-state index in [0.29, 0.717) is 17.5 Å². The van der Waals surface area contributed by atoms with Crippen LogP contribution in [0.15, 0.2) is 6.07 Å². The second kappa shape index (κ2) is 5.53. The monoisotopic (exact) mass is 243 g/mol. The number of halogens is 1. The Labute approximate surface area is 101 Å². The van der Waals surface area contributed by atoms with Crippen LogP contribution in [0.2, 0.25) is 5.02 Å². The number of methoxy groups -OCH3 is 1. The topological polar surface area (TPSA) is 41.5 Å². The molecule has 0 amide bonds. The Kier molecular flexibility index (Phi) is 4.59. The fourth-order valence-electron chi connectivity index (χ4n) is 1.76. The standard InChI is InChI=1S/C12H18ClNO2/c1-7(2)9-5-11(13)8(3)10(6-14-15)12(9)16-4/h5,7,14-15H,6H2,1-4H3. The van der Waals surface area contributed by atoms with E-state index in [4.69, 9.17) is 21.5 Å². The molecule has 0 aliphatic carbocycles. The minimum Gasteiger partial charge on any atom is -0.496 e. The molecule has 1 aromatic rings. The molecule has 1 aromatic carbocycles. The summed E-state index contributed by atoms with van der Waals surface area (Å²) in [7, 11) is 1.63. The number of hydrogen-bond donors (Lipinski definition) is 2. The highest BCUT2D eigenvalue weighted by molar-refractivity contribution is 6.31. The Hall–Kier alpha value is -0.770. The summed E-state index contributed by atoms with van der Waals surface area (Å²) in [5.74, 6) is 1.13. The maximum atomic E-state index is 8.84. The molecular formula is C12H18ClNO2. The van der Waals surface area contributed by atoms with Crippen molar-refractivity contribution < 1.29 is 9.94 Å². The first kappa shape index (κ1) is 13.3. The summed E-state index contributed by atoms with van der Waals surface area (Å²) in [5, 5.41) is 9.54. The van der Waals surface area contributed by atoms with Gasteiger partial charge in [-0.2, -0.15) is 0 Å². The van der Waals surface area contributed by atoms with Gasteiger partial charge in [-0.15, -0.1) is 0 Å². The van der Waals surface area contributed by atoms with Crippen LogP contribution in [-0.4, -0.2) is 12.3 Å². The number of benzene rings is 1. The van der Waals surface area contributed by atoms with E-state index in [0.717, 1.165) is 22.4 Å². The predicted molar refractivity (Wildman–Crippen MR) is 65.5 cm³/mol. The first-order valence-corrected chi connectivity index (χ1v) is 5.63. The quantitative estimate of drug-likeness (QED) is 0.798. The molecule has 0 bridgehead atoms. The average molecular weight is 244 g/mol. The molecule has 1 rings (SSSR count). The van der Waals surface area contributed by atoms with Gasteiger partial charge in [0.15, 0.2) is 0 Å². The summed E-state index contributed by atoms with van der Waals surface area (Å²) in [5.41, 5.74) is 5.05. The van der Waals surface area contributed by atoms with Gasteiger partial charge in [-0.05, 0) is 30.0 Å². The van der Waals surface area contributed by atoms with Crippen LogP contribution >= 0.6 is 11.6 Å². The fraction of sp³-hybridized carbons (Fsp3) is 0.500. The summed E-state index contributed by atoms with van der Waals surface area (Å²) in [6.07, 6.45) is 0. The smallest absolute Gasteiger partial charge is 0.127 e. The van der Waals surface area contributed by atoms with Crippen molar-refractivity contribution in [1.82, 2.24) is 5.48 Å². The average Bonchev–Trinajstić information content (AvgIpc) is 2.24. The molecule has 16 heavy (non-hydrogen) atoms.